The minimum Gasteiger partial charge on any atom is -0.338 e. The van der Waals surface area contributed by atoms with Crippen LogP contribution in [0.1, 0.15) is 23.2 Å². The Balaban J connectivity index is 2.26. The first-order valence-electron chi connectivity index (χ1n) is 5.69. The molecule has 1 amide bonds. The Morgan fingerprint density at radius 2 is 1.94 bits per heavy atom. The van der Waals surface area contributed by atoms with Crippen molar-refractivity contribution in [3.63, 3.8) is 0 Å². The van der Waals surface area contributed by atoms with Crippen LogP contribution in [0.25, 0.3) is 0 Å². The SMILES string of the molecule is NC1CCN(C(=O)c2c(F)ccc(Br)c2F)CC1. The number of nitrogens with zero attached hydrogens (tertiary/aromatic N) is 1. The molecule has 2 N–H and O–H groups in total. The number of rotatable bonds is 1. The molecule has 0 aliphatic carbocycles. The summed E-state index contributed by atoms with van der Waals surface area (Å²) in [6, 6.07) is 2.38. The van der Waals surface area contributed by atoms with Crippen molar-refractivity contribution in [2.75, 3.05) is 13.1 Å². The normalized spacial score (nSPS) is 17.0. The molecule has 1 aliphatic heterocycles. The Kier molecular flexibility index (Phi) is 3.97. The third-order valence-electron chi connectivity index (χ3n) is 3.08. The molecule has 0 radical (unpaired) electrons. The summed E-state index contributed by atoms with van der Waals surface area (Å²) in [7, 11) is 0. The first-order valence-corrected chi connectivity index (χ1v) is 6.48. The molecule has 1 aliphatic rings. The summed E-state index contributed by atoms with van der Waals surface area (Å²) in [6.07, 6.45) is 1.31. The van der Waals surface area contributed by atoms with Crippen molar-refractivity contribution in [1.29, 1.82) is 0 Å². The van der Waals surface area contributed by atoms with E-state index in [4.69, 9.17) is 5.73 Å². The van der Waals surface area contributed by atoms with Crippen molar-refractivity contribution in [2.24, 2.45) is 5.73 Å². The minimum atomic E-state index is -0.852. The van der Waals surface area contributed by atoms with Gasteiger partial charge in [-0.3, -0.25) is 4.79 Å². The number of carbonyl (C=O) groups is 1. The van der Waals surface area contributed by atoms with E-state index in [0.29, 0.717) is 25.9 Å². The molecule has 0 atom stereocenters. The summed E-state index contributed by atoms with van der Waals surface area (Å²) in [6.45, 7) is 0.872. The number of benzene rings is 1. The second-order valence-electron chi connectivity index (χ2n) is 4.35. The van der Waals surface area contributed by atoms with Gasteiger partial charge in [0.1, 0.15) is 11.4 Å². The van der Waals surface area contributed by atoms with Gasteiger partial charge in [-0.1, -0.05) is 0 Å². The van der Waals surface area contributed by atoms with E-state index in [9.17, 15) is 13.6 Å². The molecule has 1 saturated heterocycles. The predicted octanol–water partition coefficient (Wildman–Crippen LogP) is 2.29. The van der Waals surface area contributed by atoms with Gasteiger partial charge in [-0.2, -0.15) is 0 Å². The zero-order valence-electron chi connectivity index (χ0n) is 9.63. The number of piperidine rings is 1. The average Bonchev–Trinajstić information content (AvgIpc) is 2.35. The topological polar surface area (TPSA) is 46.3 Å². The van der Waals surface area contributed by atoms with Crippen LogP contribution in [0.3, 0.4) is 0 Å². The third-order valence-corrected chi connectivity index (χ3v) is 3.70. The largest absolute Gasteiger partial charge is 0.338 e. The number of halogens is 3. The zero-order valence-corrected chi connectivity index (χ0v) is 11.2. The van der Waals surface area contributed by atoms with Gasteiger partial charge < -0.3 is 10.6 Å². The van der Waals surface area contributed by atoms with Gasteiger partial charge in [0, 0.05) is 19.1 Å². The van der Waals surface area contributed by atoms with E-state index in [0.717, 1.165) is 6.07 Å². The fourth-order valence-corrected chi connectivity index (χ4v) is 2.31. The smallest absolute Gasteiger partial charge is 0.259 e. The van der Waals surface area contributed by atoms with Crippen molar-refractivity contribution in [3.8, 4) is 0 Å². The highest BCUT2D eigenvalue weighted by atomic mass is 79.9. The summed E-state index contributed by atoms with van der Waals surface area (Å²) in [4.78, 5) is 13.5. The van der Waals surface area contributed by atoms with Crippen LogP contribution < -0.4 is 5.73 Å². The molecule has 6 heteroatoms. The molecule has 0 spiro atoms. The summed E-state index contributed by atoms with van der Waals surface area (Å²) in [5.41, 5.74) is 5.23. The average molecular weight is 319 g/mol. The van der Waals surface area contributed by atoms with E-state index in [1.807, 2.05) is 0 Å². The summed E-state index contributed by atoms with van der Waals surface area (Å²) >= 11 is 2.95. The lowest BCUT2D eigenvalue weighted by Gasteiger charge is -2.30. The van der Waals surface area contributed by atoms with Gasteiger partial charge in [0.25, 0.3) is 5.91 Å². The second kappa shape index (κ2) is 5.32. The van der Waals surface area contributed by atoms with Gasteiger partial charge in [0.05, 0.1) is 4.47 Å². The highest BCUT2D eigenvalue weighted by Gasteiger charge is 2.27. The lowest BCUT2D eigenvalue weighted by Crippen LogP contribution is -2.43. The van der Waals surface area contributed by atoms with Crippen molar-refractivity contribution in [3.05, 3.63) is 33.8 Å². The number of nitrogens with two attached hydrogens (primary N) is 1. The van der Waals surface area contributed by atoms with Crippen molar-refractivity contribution < 1.29 is 13.6 Å². The molecule has 1 heterocycles. The molecule has 0 saturated carbocycles. The first kappa shape index (κ1) is 13.4. The third kappa shape index (κ3) is 2.54. The first-order chi connectivity index (χ1) is 8.50. The van der Waals surface area contributed by atoms with E-state index in [1.165, 1.54) is 11.0 Å². The van der Waals surface area contributed by atoms with Crippen LogP contribution in [-0.4, -0.2) is 29.9 Å². The highest BCUT2D eigenvalue weighted by molar-refractivity contribution is 9.10. The molecular weight excluding hydrogens is 306 g/mol. The Morgan fingerprint density at radius 1 is 1.33 bits per heavy atom. The lowest BCUT2D eigenvalue weighted by molar-refractivity contribution is 0.0704. The van der Waals surface area contributed by atoms with Crippen molar-refractivity contribution in [1.82, 2.24) is 4.90 Å². The summed E-state index contributed by atoms with van der Waals surface area (Å²) in [5.74, 6) is -2.30. The van der Waals surface area contributed by atoms with Crippen molar-refractivity contribution in [2.45, 2.75) is 18.9 Å². The lowest BCUT2D eigenvalue weighted by atomic mass is 10.0. The quantitative estimate of drug-likeness (QED) is 0.808. The van der Waals surface area contributed by atoms with Gasteiger partial charge in [-0.05, 0) is 40.9 Å². The van der Waals surface area contributed by atoms with Crippen LogP contribution in [-0.2, 0) is 0 Å². The fourth-order valence-electron chi connectivity index (χ4n) is 1.98. The maximum absolute atomic E-state index is 13.8. The van der Waals surface area contributed by atoms with E-state index in [1.54, 1.807) is 0 Å². The number of hydrogen-bond donors (Lipinski definition) is 1. The molecule has 0 bridgehead atoms. The van der Waals surface area contributed by atoms with E-state index in [2.05, 4.69) is 15.9 Å². The second-order valence-corrected chi connectivity index (χ2v) is 5.20. The maximum atomic E-state index is 13.8. The van der Waals surface area contributed by atoms with Gasteiger partial charge in [0.15, 0.2) is 5.82 Å². The number of carbonyl (C=O) groups excluding carboxylic acids is 1. The minimum absolute atomic E-state index is 0.0613. The van der Waals surface area contributed by atoms with E-state index < -0.39 is 23.1 Å². The molecule has 0 aromatic heterocycles. The van der Waals surface area contributed by atoms with Gasteiger partial charge in [0.2, 0.25) is 0 Å². The molecule has 1 aromatic carbocycles. The van der Waals surface area contributed by atoms with Crippen molar-refractivity contribution >= 4 is 21.8 Å². The Morgan fingerprint density at radius 3 is 2.56 bits per heavy atom. The zero-order chi connectivity index (χ0) is 13.3. The molecular formula is C12H13BrF2N2O. The van der Waals surface area contributed by atoms with E-state index >= 15 is 0 Å². The number of likely N-dealkylation sites (tertiary alicyclic amines) is 1. The predicted molar refractivity (Wildman–Crippen MR) is 67.2 cm³/mol. The van der Waals surface area contributed by atoms with Crippen LogP contribution in [0.2, 0.25) is 0 Å². The van der Waals surface area contributed by atoms with Crippen LogP contribution in [0.15, 0.2) is 16.6 Å². The molecule has 1 fully saturated rings. The van der Waals surface area contributed by atoms with Crippen LogP contribution in [0, 0.1) is 11.6 Å². The molecule has 2 rings (SSSR count). The highest BCUT2D eigenvalue weighted by Crippen LogP contribution is 2.24. The fraction of sp³-hybridized carbons (Fsp3) is 0.417. The Bertz CT molecular complexity index is 473. The molecule has 1 aromatic rings. The summed E-state index contributed by atoms with van der Waals surface area (Å²) in [5, 5.41) is 0. The summed E-state index contributed by atoms with van der Waals surface area (Å²) < 4.78 is 27.4. The van der Waals surface area contributed by atoms with Gasteiger partial charge >= 0.3 is 0 Å². The monoisotopic (exact) mass is 318 g/mol. The van der Waals surface area contributed by atoms with Gasteiger partial charge in [-0.25, -0.2) is 8.78 Å². The molecule has 3 nitrogen and oxygen atoms in total. The number of amides is 1. The van der Waals surface area contributed by atoms with Crippen LogP contribution in [0.5, 0.6) is 0 Å². The molecule has 0 unspecified atom stereocenters. The van der Waals surface area contributed by atoms with Crippen LogP contribution >= 0.6 is 15.9 Å². The molecule has 18 heavy (non-hydrogen) atoms. The van der Waals surface area contributed by atoms with E-state index in [-0.39, 0.29) is 10.5 Å². The van der Waals surface area contributed by atoms with Crippen LogP contribution in [0.4, 0.5) is 8.78 Å². The Hall–Kier alpha value is -1.01. The maximum Gasteiger partial charge on any atom is 0.259 e. The standard InChI is InChI=1S/C12H13BrF2N2O/c13-8-1-2-9(14)10(11(8)15)12(18)17-5-3-7(16)4-6-17/h1-2,7H,3-6,16H2. The molecule has 98 valence electrons. The Labute approximate surface area is 112 Å². The number of hydrogen-bond acceptors (Lipinski definition) is 2. The van der Waals surface area contributed by atoms with Gasteiger partial charge in [-0.15, -0.1) is 0 Å².